The Bertz CT molecular complexity index is 463. The number of carbonyl (C=O) groups is 1. The standard InChI is InChI=1S/C16H24O4/c1-10-5-3-4-6-11(10)9-15(13(17)18)7-8-16-12(19-16)14(15,2)20-16/h10-12H,3-9H2,1-2H3,(H,17,18). The number of carboxylic acids is 1. The third-order valence-corrected chi connectivity index (χ3v) is 6.70. The molecule has 3 aliphatic heterocycles. The number of hydrogen-bond donors (Lipinski definition) is 1. The normalized spacial score (nSPS) is 56.6. The molecule has 0 aromatic heterocycles. The summed E-state index contributed by atoms with van der Waals surface area (Å²) in [6, 6.07) is 0. The molecule has 5 fully saturated rings. The van der Waals surface area contributed by atoms with Crippen LogP contribution in [0.15, 0.2) is 0 Å². The third kappa shape index (κ3) is 1.37. The Labute approximate surface area is 119 Å². The van der Waals surface area contributed by atoms with Crippen molar-refractivity contribution in [3.8, 4) is 0 Å². The summed E-state index contributed by atoms with van der Waals surface area (Å²) >= 11 is 0. The molecule has 2 bridgehead atoms. The summed E-state index contributed by atoms with van der Waals surface area (Å²) in [6.07, 6.45) is 7.19. The molecule has 3 heterocycles. The summed E-state index contributed by atoms with van der Waals surface area (Å²) < 4.78 is 11.7. The van der Waals surface area contributed by atoms with Gasteiger partial charge >= 0.3 is 5.97 Å². The van der Waals surface area contributed by atoms with E-state index >= 15 is 0 Å². The van der Waals surface area contributed by atoms with Crippen LogP contribution in [-0.4, -0.2) is 28.6 Å². The van der Waals surface area contributed by atoms with Crippen molar-refractivity contribution in [3.05, 3.63) is 0 Å². The maximum Gasteiger partial charge on any atom is 0.312 e. The Morgan fingerprint density at radius 2 is 2.05 bits per heavy atom. The van der Waals surface area contributed by atoms with E-state index in [9.17, 15) is 9.90 Å². The molecule has 2 aliphatic carbocycles. The molecule has 0 aromatic rings. The Morgan fingerprint density at radius 1 is 1.30 bits per heavy atom. The van der Waals surface area contributed by atoms with Crippen LogP contribution in [0.5, 0.6) is 0 Å². The minimum atomic E-state index is -0.744. The first-order valence-electron chi connectivity index (χ1n) is 8.05. The third-order valence-electron chi connectivity index (χ3n) is 6.70. The van der Waals surface area contributed by atoms with Gasteiger partial charge in [0.2, 0.25) is 0 Å². The van der Waals surface area contributed by atoms with Crippen molar-refractivity contribution >= 4 is 5.97 Å². The molecule has 1 spiro atoms. The summed E-state index contributed by atoms with van der Waals surface area (Å²) in [7, 11) is 0. The SMILES string of the molecule is CC1CCCCC1CC1(C(=O)O)CCC23OC2C1(C)O3. The fourth-order valence-corrected chi connectivity index (χ4v) is 5.21. The van der Waals surface area contributed by atoms with E-state index in [1.165, 1.54) is 25.7 Å². The molecule has 2 saturated carbocycles. The smallest absolute Gasteiger partial charge is 0.312 e. The van der Waals surface area contributed by atoms with Crippen LogP contribution >= 0.6 is 0 Å². The van der Waals surface area contributed by atoms with Crippen molar-refractivity contribution in [1.29, 1.82) is 0 Å². The first-order chi connectivity index (χ1) is 9.44. The van der Waals surface area contributed by atoms with Gasteiger partial charge in [-0.15, -0.1) is 0 Å². The molecule has 3 saturated heterocycles. The fraction of sp³-hybridized carbons (Fsp3) is 0.938. The number of rotatable bonds is 3. The second kappa shape index (κ2) is 3.77. The lowest BCUT2D eigenvalue weighted by atomic mass is 9.55. The molecule has 112 valence electrons. The number of carboxylic acid groups (broad SMARTS) is 1. The second-order valence-electron chi connectivity index (χ2n) is 7.63. The van der Waals surface area contributed by atoms with E-state index in [1.807, 2.05) is 6.92 Å². The van der Waals surface area contributed by atoms with Gasteiger partial charge in [0, 0.05) is 6.42 Å². The minimum absolute atomic E-state index is 0.0266. The van der Waals surface area contributed by atoms with E-state index in [0.29, 0.717) is 18.3 Å². The largest absolute Gasteiger partial charge is 0.481 e. The highest BCUT2D eigenvalue weighted by atomic mass is 16.9. The van der Waals surface area contributed by atoms with E-state index in [0.717, 1.165) is 12.8 Å². The summed E-state index contributed by atoms with van der Waals surface area (Å²) in [5.41, 5.74) is -1.35. The van der Waals surface area contributed by atoms with Gasteiger partial charge in [0.25, 0.3) is 0 Å². The van der Waals surface area contributed by atoms with Crippen LogP contribution in [0.4, 0.5) is 0 Å². The van der Waals surface area contributed by atoms with Gasteiger partial charge in [-0.2, -0.15) is 0 Å². The first kappa shape index (κ1) is 13.1. The van der Waals surface area contributed by atoms with Crippen molar-refractivity contribution in [2.45, 2.75) is 76.3 Å². The van der Waals surface area contributed by atoms with Crippen molar-refractivity contribution < 1.29 is 19.4 Å². The Hall–Kier alpha value is -0.610. The van der Waals surface area contributed by atoms with Gasteiger partial charge in [-0.25, -0.2) is 0 Å². The summed E-state index contributed by atoms with van der Waals surface area (Å²) in [4.78, 5) is 12.1. The predicted octanol–water partition coefficient (Wildman–Crippen LogP) is 2.95. The number of fused-ring (bicyclic) bond motifs is 2. The number of hydrogen-bond acceptors (Lipinski definition) is 3. The van der Waals surface area contributed by atoms with E-state index in [1.54, 1.807) is 0 Å². The fourth-order valence-electron chi connectivity index (χ4n) is 5.21. The van der Waals surface area contributed by atoms with Crippen LogP contribution in [0.1, 0.15) is 58.8 Å². The zero-order chi connectivity index (χ0) is 14.2. The van der Waals surface area contributed by atoms with Crippen molar-refractivity contribution in [1.82, 2.24) is 0 Å². The van der Waals surface area contributed by atoms with Crippen molar-refractivity contribution in [2.75, 3.05) is 0 Å². The second-order valence-corrected chi connectivity index (χ2v) is 7.63. The maximum atomic E-state index is 12.1. The molecule has 4 heteroatoms. The molecule has 0 aromatic carbocycles. The van der Waals surface area contributed by atoms with Crippen LogP contribution in [0.3, 0.4) is 0 Å². The molecule has 4 nitrogen and oxygen atoms in total. The predicted molar refractivity (Wildman–Crippen MR) is 72.1 cm³/mol. The molecule has 5 rings (SSSR count). The molecule has 20 heavy (non-hydrogen) atoms. The van der Waals surface area contributed by atoms with Crippen LogP contribution < -0.4 is 0 Å². The van der Waals surface area contributed by atoms with Crippen molar-refractivity contribution in [3.63, 3.8) is 0 Å². The number of aliphatic carboxylic acids is 1. The summed E-state index contributed by atoms with van der Waals surface area (Å²) in [5.74, 6) is 0.0930. The van der Waals surface area contributed by atoms with Gasteiger partial charge in [0.05, 0.1) is 5.41 Å². The molecule has 0 radical (unpaired) electrons. The Kier molecular flexibility index (Phi) is 2.47. The van der Waals surface area contributed by atoms with Gasteiger partial charge in [0.1, 0.15) is 11.7 Å². The topological polar surface area (TPSA) is 59.1 Å². The highest BCUT2D eigenvalue weighted by Gasteiger charge is 2.87. The lowest BCUT2D eigenvalue weighted by Crippen LogP contribution is -2.70. The lowest BCUT2D eigenvalue weighted by Gasteiger charge is -2.57. The summed E-state index contributed by atoms with van der Waals surface area (Å²) in [6.45, 7) is 4.24. The molecule has 1 N–H and O–H groups in total. The van der Waals surface area contributed by atoms with Gasteiger partial charge in [0.15, 0.2) is 5.79 Å². The molecular formula is C16H24O4. The zero-order valence-corrected chi connectivity index (χ0v) is 12.4. The first-order valence-corrected chi connectivity index (χ1v) is 8.05. The summed E-state index contributed by atoms with van der Waals surface area (Å²) in [5, 5.41) is 9.96. The molecule has 0 amide bonds. The quantitative estimate of drug-likeness (QED) is 0.807. The van der Waals surface area contributed by atoms with E-state index in [2.05, 4.69) is 6.92 Å². The molecular weight excluding hydrogens is 256 g/mol. The van der Waals surface area contributed by atoms with Crippen LogP contribution in [0.2, 0.25) is 0 Å². The Morgan fingerprint density at radius 3 is 2.70 bits per heavy atom. The average molecular weight is 280 g/mol. The minimum Gasteiger partial charge on any atom is -0.481 e. The van der Waals surface area contributed by atoms with E-state index in [4.69, 9.17) is 9.47 Å². The molecule has 6 unspecified atom stereocenters. The van der Waals surface area contributed by atoms with Crippen molar-refractivity contribution in [2.24, 2.45) is 17.3 Å². The van der Waals surface area contributed by atoms with Gasteiger partial charge < -0.3 is 14.6 Å². The highest BCUT2D eigenvalue weighted by molar-refractivity contribution is 5.78. The Balaban J connectivity index is 1.62. The van der Waals surface area contributed by atoms with Gasteiger partial charge in [-0.3, -0.25) is 4.79 Å². The van der Waals surface area contributed by atoms with E-state index in [-0.39, 0.29) is 11.9 Å². The van der Waals surface area contributed by atoms with Crippen LogP contribution in [-0.2, 0) is 14.3 Å². The zero-order valence-electron chi connectivity index (χ0n) is 12.4. The number of epoxide rings is 1. The van der Waals surface area contributed by atoms with Gasteiger partial charge in [-0.1, -0.05) is 32.6 Å². The lowest BCUT2D eigenvalue weighted by molar-refractivity contribution is -0.284. The molecule has 6 atom stereocenters. The maximum absolute atomic E-state index is 12.1. The number of ether oxygens (including phenoxy) is 2. The highest BCUT2D eigenvalue weighted by Crippen LogP contribution is 2.73. The van der Waals surface area contributed by atoms with Crippen LogP contribution in [0.25, 0.3) is 0 Å². The average Bonchev–Trinajstić information content (AvgIpc) is 3.04. The van der Waals surface area contributed by atoms with Crippen LogP contribution in [0, 0.1) is 17.3 Å². The molecule has 5 aliphatic rings. The monoisotopic (exact) mass is 280 g/mol. The van der Waals surface area contributed by atoms with E-state index < -0.39 is 17.0 Å². The van der Waals surface area contributed by atoms with Gasteiger partial charge in [-0.05, 0) is 31.6 Å².